The predicted octanol–water partition coefficient (Wildman–Crippen LogP) is 2.90. The molecular formula is C15H20O2. The molecule has 92 valence electrons. The number of aliphatic hydroxyl groups excluding tert-OH is 1. The van der Waals surface area contributed by atoms with E-state index in [4.69, 9.17) is 9.84 Å². The summed E-state index contributed by atoms with van der Waals surface area (Å²) in [5.74, 6) is 0.243. The number of benzene rings is 1. The molecule has 1 aromatic rings. The molecule has 0 aliphatic rings. The molecule has 2 heteroatoms. The minimum atomic E-state index is 0.0259. The van der Waals surface area contributed by atoms with Crippen molar-refractivity contribution in [2.45, 2.75) is 13.0 Å². The zero-order chi connectivity index (χ0) is 12.5. The van der Waals surface area contributed by atoms with Gasteiger partial charge in [0.25, 0.3) is 0 Å². The van der Waals surface area contributed by atoms with E-state index in [2.05, 4.69) is 25.1 Å². The lowest BCUT2D eigenvalue weighted by Gasteiger charge is -2.15. The van der Waals surface area contributed by atoms with Crippen LogP contribution in [0.25, 0.3) is 6.08 Å². The zero-order valence-electron chi connectivity index (χ0n) is 10.4. The van der Waals surface area contributed by atoms with Crippen molar-refractivity contribution in [3.05, 3.63) is 54.1 Å². The fraction of sp³-hybridized carbons (Fsp3) is 0.333. The lowest BCUT2D eigenvalue weighted by Crippen LogP contribution is -2.15. The topological polar surface area (TPSA) is 29.5 Å². The second-order valence-corrected chi connectivity index (χ2v) is 3.94. The molecule has 0 spiro atoms. The van der Waals surface area contributed by atoms with E-state index < -0.39 is 0 Å². The van der Waals surface area contributed by atoms with Crippen molar-refractivity contribution in [3.8, 4) is 0 Å². The third-order valence-corrected chi connectivity index (χ3v) is 2.61. The van der Waals surface area contributed by atoms with Gasteiger partial charge in [-0.1, -0.05) is 61.6 Å². The largest absolute Gasteiger partial charge is 0.392 e. The van der Waals surface area contributed by atoms with Crippen molar-refractivity contribution in [3.63, 3.8) is 0 Å². The van der Waals surface area contributed by atoms with Crippen LogP contribution in [0.3, 0.4) is 0 Å². The van der Waals surface area contributed by atoms with Gasteiger partial charge in [-0.05, 0) is 5.56 Å². The predicted molar refractivity (Wildman–Crippen MR) is 71.7 cm³/mol. The number of rotatable bonds is 6. The summed E-state index contributed by atoms with van der Waals surface area (Å²) in [6, 6.07) is 10.1. The molecule has 0 aromatic heterocycles. The van der Waals surface area contributed by atoms with Gasteiger partial charge >= 0.3 is 0 Å². The van der Waals surface area contributed by atoms with E-state index in [1.54, 1.807) is 13.2 Å². The first-order valence-corrected chi connectivity index (χ1v) is 5.81. The lowest BCUT2D eigenvalue weighted by molar-refractivity contribution is 0.113. The van der Waals surface area contributed by atoms with Gasteiger partial charge in [-0.25, -0.2) is 0 Å². The maximum atomic E-state index is 8.73. The van der Waals surface area contributed by atoms with Crippen molar-refractivity contribution in [1.82, 2.24) is 0 Å². The van der Waals surface area contributed by atoms with E-state index in [0.717, 1.165) is 5.56 Å². The minimum Gasteiger partial charge on any atom is -0.392 e. The van der Waals surface area contributed by atoms with E-state index in [1.807, 2.05) is 30.4 Å². The lowest BCUT2D eigenvalue weighted by atomic mass is 10.0. The molecule has 2 atom stereocenters. The monoisotopic (exact) mass is 232 g/mol. The van der Waals surface area contributed by atoms with Crippen LogP contribution in [0.4, 0.5) is 0 Å². The smallest absolute Gasteiger partial charge is 0.0815 e. The number of aliphatic hydroxyl groups is 1. The van der Waals surface area contributed by atoms with Gasteiger partial charge in [-0.2, -0.15) is 0 Å². The summed E-state index contributed by atoms with van der Waals surface area (Å²) in [5, 5.41) is 8.73. The molecule has 1 N–H and O–H groups in total. The quantitative estimate of drug-likeness (QED) is 0.764. The average Bonchev–Trinajstić information content (AvgIpc) is 2.38. The van der Waals surface area contributed by atoms with E-state index in [-0.39, 0.29) is 18.6 Å². The first-order valence-electron chi connectivity index (χ1n) is 5.81. The fourth-order valence-corrected chi connectivity index (χ4v) is 1.62. The van der Waals surface area contributed by atoms with Crippen LogP contribution in [0.2, 0.25) is 0 Å². The molecule has 17 heavy (non-hydrogen) atoms. The van der Waals surface area contributed by atoms with Gasteiger partial charge in [0, 0.05) is 13.0 Å². The number of hydrogen-bond acceptors (Lipinski definition) is 2. The Hall–Kier alpha value is -1.38. The zero-order valence-corrected chi connectivity index (χ0v) is 10.4. The molecule has 0 aliphatic heterocycles. The maximum absolute atomic E-state index is 8.73. The highest BCUT2D eigenvalue weighted by Gasteiger charge is 2.09. The van der Waals surface area contributed by atoms with Gasteiger partial charge in [0.15, 0.2) is 0 Å². The molecule has 0 saturated carbocycles. The summed E-state index contributed by atoms with van der Waals surface area (Å²) in [5.41, 5.74) is 1.16. The standard InChI is InChI=1S/C15H20O2/c1-13(7-6-12-16)15(17-2)11-10-14-8-4-3-5-9-14/h3-11,13,15-16H,12H2,1-2H3/b7-6+,11-10+/t13-,15-/m0/s1. The summed E-state index contributed by atoms with van der Waals surface area (Å²) in [4.78, 5) is 0. The molecule has 0 fully saturated rings. The first kappa shape index (κ1) is 13.7. The van der Waals surface area contributed by atoms with Crippen molar-refractivity contribution < 1.29 is 9.84 Å². The van der Waals surface area contributed by atoms with E-state index >= 15 is 0 Å². The molecule has 1 rings (SSSR count). The van der Waals surface area contributed by atoms with E-state index in [1.165, 1.54) is 0 Å². The van der Waals surface area contributed by atoms with E-state index in [9.17, 15) is 0 Å². The second-order valence-electron chi connectivity index (χ2n) is 3.94. The van der Waals surface area contributed by atoms with Gasteiger partial charge in [0.05, 0.1) is 12.7 Å². The number of methoxy groups -OCH3 is 1. The van der Waals surface area contributed by atoms with Crippen LogP contribution in [0.5, 0.6) is 0 Å². The summed E-state index contributed by atoms with van der Waals surface area (Å²) >= 11 is 0. The molecule has 0 heterocycles. The van der Waals surface area contributed by atoms with Gasteiger partial charge in [-0.15, -0.1) is 0 Å². The Morgan fingerprint density at radius 1 is 1.24 bits per heavy atom. The van der Waals surface area contributed by atoms with E-state index in [0.29, 0.717) is 0 Å². The SMILES string of the molecule is CO[C@@H](/C=C/c1ccccc1)[C@@H](C)/C=C/CO. The first-order chi connectivity index (χ1) is 8.27. The van der Waals surface area contributed by atoms with Crippen molar-refractivity contribution in [2.75, 3.05) is 13.7 Å². The Balaban J connectivity index is 2.63. The third kappa shape index (κ3) is 4.98. The average molecular weight is 232 g/mol. The molecule has 2 nitrogen and oxygen atoms in total. The normalized spacial score (nSPS) is 15.5. The van der Waals surface area contributed by atoms with Crippen LogP contribution in [0, 0.1) is 5.92 Å². The Bertz CT molecular complexity index is 354. The Kier molecular flexibility index (Phi) is 6.30. The van der Waals surface area contributed by atoms with Crippen molar-refractivity contribution in [2.24, 2.45) is 5.92 Å². The Labute approximate surface area is 103 Å². The van der Waals surface area contributed by atoms with Crippen molar-refractivity contribution >= 4 is 6.08 Å². The fourth-order valence-electron chi connectivity index (χ4n) is 1.62. The van der Waals surface area contributed by atoms with Gasteiger partial charge < -0.3 is 9.84 Å². The highest BCUT2D eigenvalue weighted by Crippen LogP contribution is 2.12. The van der Waals surface area contributed by atoms with Gasteiger partial charge in [0.1, 0.15) is 0 Å². The molecule has 0 aliphatic carbocycles. The van der Waals surface area contributed by atoms with Crippen LogP contribution < -0.4 is 0 Å². The number of hydrogen-bond donors (Lipinski definition) is 1. The number of ether oxygens (including phenoxy) is 1. The van der Waals surface area contributed by atoms with Gasteiger partial charge in [-0.3, -0.25) is 0 Å². The minimum absolute atomic E-state index is 0.0259. The second kappa shape index (κ2) is 7.82. The Morgan fingerprint density at radius 2 is 1.94 bits per heavy atom. The third-order valence-electron chi connectivity index (χ3n) is 2.61. The molecule has 0 radical (unpaired) electrons. The highest BCUT2D eigenvalue weighted by molar-refractivity contribution is 5.49. The van der Waals surface area contributed by atoms with Crippen LogP contribution in [0.15, 0.2) is 48.6 Å². The molecular weight excluding hydrogens is 212 g/mol. The molecule has 0 bridgehead atoms. The summed E-state index contributed by atoms with van der Waals surface area (Å²) in [6.07, 6.45) is 7.83. The van der Waals surface area contributed by atoms with Crippen LogP contribution in [0.1, 0.15) is 12.5 Å². The molecule has 1 aromatic carbocycles. The van der Waals surface area contributed by atoms with Crippen LogP contribution in [-0.2, 0) is 4.74 Å². The van der Waals surface area contributed by atoms with Crippen LogP contribution in [-0.4, -0.2) is 24.9 Å². The summed E-state index contributed by atoms with van der Waals surface area (Å²) in [6.45, 7) is 2.14. The van der Waals surface area contributed by atoms with Gasteiger partial charge in [0.2, 0.25) is 0 Å². The summed E-state index contributed by atoms with van der Waals surface area (Å²) < 4.78 is 5.41. The molecule has 0 saturated heterocycles. The summed E-state index contributed by atoms with van der Waals surface area (Å²) in [7, 11) is 1.70. The maximum Gasteiger partial charge on any atom is 0.0815 e. The van der Waals surface area contributed by atoms with Crippen LogP contribution >= 0.6 is 0 Å². The molecule has 0 amide bonds. The highest BCUT2D eigenvalue weighted by atomic mass is 16.5. The Morgan fingerprint density at radius 3 is 2.53 bits per heavy atom. The molecule has 0 unspecified atom stereocenters. The van der Waals surface area contributed by atoms with Crippen molar-refractivity contribution in [1.29, 1.82) is 0 Å².